The highest BCUT2D eigenvalue weighted by Gasteiger charge is 2.15. The van der Waals surface area contributed by atoms with Crippen molar-refractivity contribution in [1.29, 1.82) is 0 Å². The molecule has 0 bridgehead atoms. The number of carbonyl (C=O) groups is 2. The molecule has 1 unspecified atom stereocenters. The normalized spacial score (nSPS) is 11.6. The Kier molecular flexibility index (Phi) is 4.95. The van der Waals surface area contributed by atoms with Crippen molar-refractivity contribution in [3.8, 4) is 0 Å². The van der Waals surface area contributed by atoms with Crippen LogP contribution in [0.25, 0.3) is 0 Å². The number of furan rings is 1. The van der Waals surface area contributed by atoms with E-state index < -0.39 is 5.97 Å². The van der Waals surface area contributed by atoms with Gasteiger partial charge in [0.25, 0.3) is 5.91 Å². The molecule has 0 spiro atoms. The third-order valence-corrected chi connectivity index (χ3v) is 3.65. The molecule has 0 fully saturated rings. The second-order valence-electron chi connectivity index (χ2n) is 5.47. The summed E-state index contributed by atoms with van der Waals surface area (Å²) in [5.41, 5.74) is 1.77. The van der Waals surface area contributed by atoms with Crippen molar-refractivity contribution in [3.63, 3.8) is 0 Å². The minimum Gasteiger partial charge on any atom is -0.459 e. The van der Waals surface area contributed by atoms with Gasteiger partial charge in [-0.15, -0.1) is 0 Å². The van der Waals surface area contributed by atoms with Gasteiger partial charge in [-0.1, -0.05) is 36.4 Å². The van der Waals surface area contributed by atoms with Gasteiger partial charge in [0.05, 0.1) is 11.8 Å². The molecule has 1 atom stereocenters. The molecule has 25 heavy (non-hydrogen) atoms. The minimum absolute atomic E-state index is 0.200. The van der Waals surface area contributed by atoms with E-state index in [-0.39, 0.29) is 17.8 Å². The third-order valence-electron chi connectivity index (χ3n) is 3.65. The summed E-state index contributed by atoms with van der Waals surface area (Å²) in [5, 5.41) is 2.68. The molecule has 5 nitrogen and oxygen atoms in total. The Morgan fingerprint density at radius 3 is 2.52 bits per heavy atom. The maximum absolute atomic E-state index is 12.3. The van der Waals surface area contributed by atoms with Crippen molar-refractivity contribution >= 4 is 17.6 Å². The molecule has 3 rings (SSSR count). The number of hydrogen-bond acceptors (Lipinski definition) is 4. The number of amides is 1. The van der Waals surface area contributed by atoms with Gasteiger partial charge in [0, 0.05) is 5.69 Å². The van der Waals surface area contributed by atoms with Gasteiger partial charge >= 0.3 is 5.97 Å². The smallest absolute Gasteiger partial charge is 0.338 e. The maximum atomic E-state index is 12.3. The molecule has 0 radical (unpaired) electrons. The predicted molar refractivity (Wildman–Crippen MR) is 93.4 cm³/mol. The molecule has 3 aromatic rings. The average molecular weight is 335 g/mol. The Hall–Kier alpha value is -3.34. The molecule has 126 valence electrons. The molecule has 1 aromatic heterocycles. The predicted octanol–water partition coefficient (Wildman–Crippen LogP) is 4.45. The first-order valence-corrected chi connectivity index (χ1v) is 7.84. The molecule has 0 saturated carbocycles. The summed E-state index contributed by atoms with van der Waals surface area (Å²) in [4.78, 5) is 24.3. The molecule has 1 N–H and O–H groups in total. The highest BCUT2D eigenvalue weighted by atomic mass is 16.5. The van der Waals surface area contributed by atoms with Gasteiger partial charge in [-0.3, -0.25) is 4.79 Å². The van der Waals surface area contributed by atoms with E-state index in [4.69, 9.17) is 9.15 Å². The largest absolute Gasteiger partial charge is 0.459 e. The Morgan fingerprint density at radius 2 is 1.80 bits per heavy atom. The number of hydrogen-bond donors (Lipinski definition) is 1. The lowest BCUT2D eigenvalue weighted by atomic mass is 10.1. The molecule has 0 saturated heterocycles. The fourth-order valence-corrected chi connectivity index (χ4v) is 2.35. The van der Waals surface area contributed by atoms with Crippen molar-refractivity contribution in [3.05, 3.63) is 89.9 Å². The number of ether oxygens (including phenoxy) is 1. The lowest BCUT2D eigenvalue weighted by Gasteiger charge is -2.14. The highest BCUT2D eigenvalue weighted by Crippen LogP contribution is 2.20. The summed E-state index contributed by atoms with van der Waals surface area (Å²) in [5.74, 6) is -0.635. The fraction of sp³-hybridized carbons (Fsp3) is 0.100. The second kappa shape index (κ2) is 7.49. The summed E-state index contributed by atoms with van der Waals surface area (Å²) >= 11 is 0. The third kappa shape index (κ3) is 4.14. The van der Waals surface area contributed by atoms with Gasteiger partial charge in [-0.05, 0) is 42.8 Å². The molecular formula is C20H17NO4. The van der Waals surface area contributed by atoms with Crippen LogP contribution in [0, 0.1) is 0 Å². The van der Waals surface area contributed by atoms with Crippen LogP contribution in [0.15, 0.2) is 77.4 Å². The zero-order chi connectivity index (χ0) is 17.6. The first-order chi connectivity index (χ1) is 12.1. The monoisotopic (exact) mass is 335 g/mol. The Bertz CT molecular complexity index is 856. The van der Waals surface area contributed by atoms with Gasteiger partial charge < -0.3 is 14.5 Å². The van der Waals surface area contributed by atoms with Crippen LogP contribution in [0.5, 0.6) is 0 Å². The van der Waals surface area contributed by atoms with Crippen LogP contribution in [-0.4, -0.2) is 11.9 Å². The highest BCUT2D eigenvalue weighted by molar-refractivity contribution is 6.03. The summed E-state index contributed by atoms with van der Waals surface area (Å²) in [7, 11) is 0. The van der Waals surface area contributed by atoms with Crippen molar-refractivity contribution in [2.45, 2.75) is 13.0 Å². The molecule has 1 amide bonds. The van der Waals surface area contributed by atoms with E-state index in [1.807, 2.05) is 37.3 Å². The van der Waals surface area contributed by atoms with E-state index in [2.05, 4.69) is 5.32 Å². The number of anilines is 1. The molecular weight excluding hydrogens is 318 g/mol. The summed E-state index contributed by atoms with van der Waals surface area (Å²) in [6.45, 7) is 1.82. The quantitative estimate of drug-likeness (QED) is 0.699. The molecule has 1 heterocycles. The van der Waals surface area contributed by atoms with E-state index in [0.29, 0.717) is 11.3 Å². The van der Waals surface area contributed by atoms with Crippen LogP contribution >= 0.6 is 0 Å². The summed E-state index contributed by atoms with van der Waals surface area (Å²) in [6, 6.07) is 19.3. The Morgan fingerprint density at radius 1 is 1.00 bits per heavy atom. The molecule has 0 aliphatic carbocycles. The SMILES string of the molecule is CC(OC(=O)c1cccc(NC(=O)c2ccco2)c1)c1ccccc1. The van der Waals surface area contributed by atoms with Gasteiger partial charge in [0.15, 0.2) is 5.76 Å². The van der Waals surface area contributed by atoms with Crippen LogP contribution in [0.4, 0.5) is 5.69 Å². The Balaban J connectivity index is 1.68. The first-order valence-electron chi connectivity index (χ1n) is 7.84. The standard InChI is InChI=1S/C20H17NO4/c1-14(15-7-3-2-4-8-15)25-20(23)16-9-5-10-17(13-16)21-19(22)18-11-6-12-24-18/h2-14H,1H3,(H,21,22). The van der Waals surface area contributed by atoms with Crippen molar-refractivity contribution in [2.75, 3.05) is 5.32 Å². The summed E-state index contributed by atoms with van der Waals surface area (Å²) < 4.78 is 10.5. The topological polar surface area (TPSA) is 68.5 Å². The van der Waals surface area contributed by atoms with E-state index in [1.54, 1.807) is 36.4 Å². The zero-order valence-corrected chi connectivity index (χ0v) is 13.6. The van der Waals surface area contributed by atoms with Crippen LogP contribution in [0.2, 0.25) is 0 Å². The lowest BCUT2D eigenvalue weighted by molar-refractivity contribution is 0.0338. The van der Waals surface area contributed by atoms with Crippen LogP contribution in [-0.2, 0) is 4.74 Å². The van der Waals surface area contributed by atoms with Gasteiger partial charge in [0.2, 0.25) is 0 Å². The van der Waals surface area contributed by atoms with Gasteiger partial charge in [0.1, 0.15) is 6.10 Å². The van der Waals surface area contributed by atoms with E-state index >= 15 is 0 Å². The summed E-state index contributed by atoms with van der Waals surface area (Å²) in [6.07, 6.45) is 1.06. The van der Waals surface area contributed by atoms with Crippen molar-refractivity contribution < 1.29 is 18.7 Å². The number of esters is 1. The van der Waals surface area contributed by atoms with E-state index in [9.17, 15) is 9.59 Å². The number of carbonyl (C=O) groups excluding carboxylic acids is 2. The van der Waals surface area contributed by atoms with Crippen molar-refractivity contribution in [2.24, 2.45) is 0 Å². The molecule has 2 aromatic carbocycles. The zero-order valence-electron chi connectivity index (χ0n) is 13.6. The molecule has 0 aliphatic heterocycles. The average Bonchev–Trinajstić information content (AvgIpc) is 3.17. The van der Waals surface area contributed by atoms with E-state index in [1.165, 1.54) is 6.26 Å². The van der Waals surface area contributed by atoms with Crippen molar-refractivity contribution in [1.82, 2.24) is 0 Å². The molecule has 5 heteroatoms. The van der Waals surface area contributed by atoms with Crippen LogP contribution in [0.3, 0.4) is 0 Å². The second-order valence-corrected chi connectivity index (χ2v) is 5.47. The Labute approximate surface area is 145 Å². The fourth-order valence-electron chi connectivity index (χ4n) is 2.35. The van der Waals surface area contributed by atoms with E-state index in [0.717, 1.165) is 5.56 Å². The maximum Gasteiger partial charge on any atom is 0.338 e. The number of benzene rings is 2. The van der Waals surface area contributed by atoms with Crippen LogP contribution < -0.4 is 5.32 Å². The minimum atomic E-state index is -0.453. The number of nitrogens with one attached hydrogen (secondary N) is 1. The van der Waals surface area contributed by atoms with Gasteiger partial charge in [-0.25, -0.2) is 4.79 Å². The van der Waals surface area contributed by atoms with Gasteiger partial charge in [-0.2, -0.15) is 0 Å². The lowest BCUT2D eigenvalue weighted by Crippen LogP contribution is -2.12. The number of rotatable bonds is 5. The molecule has 0 aliphatic rings. The first kappa shape index (κ1) is 16.5. The van der Waals surface area contributed by atoms with Crippen LogP contribution in [0.1, 0.15) is 39.5 Å².